The van der Waals surface area contributed by atoms with Crippen LogP contribution in [-0.2, 0) is 11.2 Å². The summed E-state index contributed by atoms with van der Waals surface area (Å²) in [5.41, 5.74) is 0.888. The van der Waals surface area contributed by atoms with E-state index in [2.05, 4.69) is 15.5 Å². The molecule has 0 aliphatic carbocycles. The van der Waals surface area contributed by atoms with Crippen molar-refractivity contribution in [1.29, 1.82) is 0 Å². The molecule has 0 spiro atoms. The fourth-order valence-corrected chi connectivity index (χ4v) is 1.91. The Kier molecular flexibility index (Phi) is 4.81. The normalized spacial score (nSPS) is 10.4. The lowest BCUT2D eigenvalue weighted by Crippen LogP contribution is -2.05. The summed E-state index contributed by atoms with van der Waals surface area (Å²) in [5.74, 6) is 0.793. The number of aryl methyl sites for hydroxylation is 1. The van der Waals surface area contributed by atoms with E-state index < -0.39 is 0 Å². The molecule has 0 aliphatic heterocycles. The maximum Gasteiger partial charge on any atom is 0.159 e. The Morgan fingerprint density at radius 1 is 1.37 bits per heavy atom. The number of halogens is 1. The number of rotatable bonds is 5. The zero-order valence-corrected chi connectivity index (χ0v) is 12.0. The number of tetrazole rings is 1. The van der Waals surface area contributed by atoms with Gasteiger partial charge in [-0.2, -0.15) is 4.68 Å². The van der Waals surface area contributed by atoms with E-state index in [1.807, 2.05) is 24.3 Å². The minimum Gasteiger partial charge on any atom is -0.490 e. The highest BCUT2D eigenvalue weighted by Gasteiger charge is 2.08. The van der Waals surface area contributed by atoms with Crippen LogP contribution in [0.5, 0.6) is 0 Å². The van der Waals surface area contributed by atoms with Crippen LogP contribution in [0.3, 0.4) is 0 Å². The molecule has 0 fully saturated rings. The molecule has 0 amide bonds. The number of benzene rings is 1. The first-order valence-corrected chi connectivity index (χ1v) is 6.59. The van der Waals surface area contributed by atoms with E-state index in [4.69, 9.17) is 28.6 Å². The molecule has 0 bridgehead atoms. The van der Waals surface area contributed by atoms with Gasteiger partial charge in [0.15, 0.2) is 10.9 Å². The SMILES string of the molecule is COC(=S)CCCc1nnnn1-c1ccc(Cl)cc1. The third-order valence-corrected chi connectivity index (χ3v) is 3.24. The summed E-state index contributed by atoms with van der Waals surface area (Å²) in [7, 11) is 1.58. The Labute approximate surface area is 121 Å². The Balaban J connectivity index is 2.05. The van der Waals surface area contributed by atoms with Crippen molar-refractivity contribution in [2.45, 2.75) is 19.3 Å². The Bertz CT molecular complexity index is 555. The van der Waals surface area contributed by atoms with E-state index in [9.17, 15) is 0 Å². The van der Waals surface area contributed by atoms with Crippen LogP contribution in [0.2, 0.25) is 5.02 Å². The fourth-order valence-electron chi connectivity index (χ4n) is 1.64. The van der Waals surface area contributed by atoms with Crippen LogP contribution in [0.25, 0.3) is 5.69 Å². The molecule has 1 aromatic heterocycles. The van der Waals surface area contributed by atoms with Crippen molar-refractivity contribution in [2.24, 2.45) is 0 Å². The van der Waals surface area contributed by atoms with Gasteiger partial charge in [0.1, 0.15) is 0 Å². The van der Waals surface area contributed by atoms with Gasteiger partial charge in [0.05, 0.1) is 12.8 Å². The predicted octanol–water partition coefficient (Wildman–Crippen LogP) is 2.61. The van der Waals surface area contributed by atoms with Crippen LogP contribution in [0.15, 0.2) is 24.3 Å². The Morgan fingerprint density at radius 2 is 2.11 bits per heavy atom. The average Bonchev–Trinajstić information content (AvgIpc) is 2.88. The molecule has 0 radical (unpaired) electrons. The number of hydrogen-bond acceptors (Lipinski definition) is 5. The van der Waals surface area contributed by atoms with E-state index in [-0.39, 0.29) is 0 Å². The van der Waals surface area contributed by atoms with Gasteiger partial charge in [-0.3, -0.25) is 0 Å². The van der Waals surface area contributed by atoms with Gasteiger partial charge >= 0.3 is 0 Å². The third kappa shape index (κ3) is 3.71. The lowest BCUT2D eigenvalue weighted by Gasteiger charge is -2.05. The van der Waals surface area contributed by atoms with Crippen LogP contribution in [0.1, 0.15) is 18.7 Å². The second kappa shape index (κ2) is 6.58. The van der Waals surface area contributed by atoms with Crippen LogP contribution in [-0.4, -0.2) is 32.4 Å². The van der Waals surface area contributed by atoms with Crippen molar-refractivity contribution >= 4 is 28.9 Å². The lowest BCUT2D eigenvalue weighted by atomic mass is 10.2. The van der Waals surface area contributed by atoms with Crippen molar-refractivity contribution in [3.8, 4) is 5.69 Å². The van der Waals surface area contributed by atoms with Crippen molar-refractivity contribution in [3.63, 3.8) is 0 Å². The second-order valence-electron chi connectivity index (χ2n) is 3.91. The molecule has 0 aliphatic rings. The molecule has 2 rings (SSSR count). The lowest BCUT2D eigenvalue weighted by molar-refractivity contribution is 0.400. The largest absolute Gasteiger partial charge is 0.490 e. The summed E-state index contributed by atoms with van der Waals surface area (Å²) >= 11 is 10.9. The maximum atomic E-state index is 5.86. The summed E-state index contributed by atoms with van der Waals surface area (Å²) in [5, 5.41) is 13.0. The van der Waals surface area contributed by atoms with Crippen LogP contribution < -0.4 is 0 Å². The quantitative estimate of drug-likeness (QED) is 0.794. The van der Waals surface area contributed by atoms with E-state index in [1.165, 1.54) is 0 Å². The number of aromatic nitrogens is 4. The van der Waals surface area contributed by atoms with Gasteiger partial charge in [0, 0.05) is 17.9 Å². The molecular formula is C12H13ClN4OS. The summed E-state index contributed by atoms with van der Waals surface area (Å²) < 4.78 is 6.66. The molecule has 100 valence electrons. The monoisotopic (exact) mass is 296 g/mol. The van der Waals surface area contributed by atoms with Gasteiger partial charge in [0.25, 0.3) is 0 Å². The summed E-state index contributed by atoms with van der Waals surface area (Å²) in [6.45, 7) is 0. The van der Waals surface area contributed by atoms with Crippen molar-refractivity contribution in [3.05, 3.63) is 35.1 Å². The van der Waals surface area contributed by atoms with Crippen molar-refractivity contribution in [1.82, 2.24) is 20.2 Å². The van der Waals surface area contributed by atoms with Gasteiger partial charge in [-0.1, -0.05) is 11.6 Å². The van der Waals surface area contributed by atoms with Crippen molar-refractivity contribution in [2.75, 3.05) is 7.11 Å². The van der Waals surface area contributed by atoms with Crippen LogP contribution in [0.4, 0.5) is 0 Å². The number of methoxy groups -OCH3 is 1. The summed E-state index contributed by atoms with van der Waals surface area (Å²) in [4.78, 5) is 0. The first-order chi connectivity index (χ1) is 9.20. The van der Waals surface area contributed by atoms with Crippen molar-refractivity contribution < 1.29 is 4.74 Å². The Morgan fingerprint density at radius 3 is 2.79 bits per heavy atom. The molecule has 1 aromatic carbocycles. The molecule has 0 saturated heterocycles. The van der Waals surface area contributed by atoms with Gasteiger partial charge in [-0.05, 0) is 53.3 Å². The predicted molar refractivity (Wildman–Crippen MR) is 76.7 cm³/mol. The number of thiocarbonyl (C=S) groups is 1. The van der Waals surface area contributed by atoms with Gasteiger partial charge in [-0.15, -0.1) is 5.10 Å². The molecule has 2 aromatic rings. The topological polar surface area (TPSA) is 52.8 Å². The third-order valence-electron chi connectivity index (χ3n) is 2.61. The van der Waals surface area contributed by atoms with Gasteiger partial charge in [-0.25, -0.2) is 0 Å². The minimum atomic E-state index is 0.602. The van der Waals surface area contributed by atoms with Gasteiger partial charge in [0.2, 0.25) is 0 Å². The molecule has 7 heteroatoms. The molecule has 19 heavy (non-hydrogen) atoms. The zero-order valence-electron chi connectivity index (χ0n) is 10.4. The first kappa shape index (κ1) is 13.9. The van der Waals surface area contributed by atoms with Crippen LogP contribution >= 0.6 is 23.8 Å². The molecule has 0 N–H and O–H groups in total. The van der Waals surface area contributed by atoms with Gasteiger partial charge < -0.3 is 4.74 Å². The smallest absolute Gasteiger partial charge is 0.159 e. The highest BCUT2D eigenvalue weighted by Crippen LogP contribution is 2.14. The number of hydrogen-bond donors (Lipinski definition) is 0. The number of ether oxygens (including phenoxy) is 1. The second-order valence-corrected chi connectivity index (χ2v) is 4.80. The molecule has 0 unspecified atom stereocenters. The highest BCUT2D eigenvalue weighted by atomic mass is 35.5. The van der Waals surface area contributed by atoms with E-state index in [1.54, 1.807) is 11.8 Å². The highest BCUT2D eigenvalue weighted by molar-refractivity contribution is 7.80. The fraction of sp³-hybridized carbons (Fsp3) is 0.333. The Hall–Kier alpha value is -1.53. The summed E-state index contributed by atoms with van der Waals surface area (Å²) in [6.07, 6.45) is 2.30. The number of nitrogens with zero attached hydrogens (tertiary/aromatic N) is 4. The molecule has 1 heterocycles. The molecular weight excluding hydrogens is 284 g/mol. The standard InChI is InChI=1S/C12H13ClN4OS/c1-18-12(19)4-2-3-11-14-15-16-17(11)10-7-5-9(13)6-8-10/h5-8H,2-4H2,1H3. The zero-order chi connectivity index (χ0) is 13.7. The average molecular weight is 297 g/mol. The van der Waals surface area contributed by atoms with E-state index >= 15 is 0 Å². The van der Waals surface area contributed by atoms with E-state index in [0.29, 0.717) is 10.1 Å². The molecule has 0 saturated carbocycles. The minimum absolute atomic E-state index is 0.602. The molecule has 5 nitrogen and oxygen atoms in total. The van der Waals surface area contributed by atoms with Crippen LogP contribution in [0, 0.1) is 0 Å². The first-order valence-electron chi connectivity index (χ1n) is 5.80. The summed E-state index contributed by atoms with van der Waals surface area (Å²) in [6, 6.07) is 7.37. The maximum absolute atomic E-state index is 5.86. The molecule has 0 atom stereocenters. The van der Waals surface area contributed by atoms with E-state index in [0.717, 1.165) is 30.8 Å².